The first kappa shape index (κ1) is 15.7. The number of aromatic nitrogens is 1. The molecule has 0 saturated heterocycles. The van der Waals surface area contributed by atoms with E-state index in [0.29, 0.717) is 0 Å². The predicted octanol–water partition coefficient (Wildman–Crippen LogP) is 5.44. The number of nitrogens with zero attached hydrogens (tertiary/aromatic N) is 1. The lowest BCUT2D eigenvalue weighted by molar-refractivity contribution is -0.133. The van der Waals surface area contributed by atoms with Crippen LogP contribution in [0.25, 0.3) is 21.2 Å². The number of aliphatic carboxylic acids is 1. The van der Waals surface area contributed by atoms with Crippen LogP contribution in [-0.4, -0.2) is 21.8 Å². The standard InChI is InChI=1S/C15H10BrNO2S3/c16-13-6-5-9(21-13)7-12(20-8-14(18)19)15-17-10-3-1-2-4-11(10)22-15/h1-7H,8H2,(H,18,19)/b12-7-. The monoisotopic (exact) mass is 411 g/mol. The number of thiophene rings is 1. The Morgan fingerprint density at radius 3 is 2.77 bits per heavy atom. The molecule has 0 aliphatic carbocycles. The second-order valence-electron chi connectivity index (χ2n) is 4.32. The normalized spacial score (nSPS) is 12.0. The van der Waals surface area contributed by atoms with Crippen molar-refractivity contribution in [3.05, 3.63) is 50.1 Å². The molecule has 2 aromatic heterocycles. The SMILES string of the molecule is O=C(O)CS/C(=C\c1ccc(Br)s1)c1nc2ccccc2s1. The number of halogens is 1. The van der Waals surface area contributed by atoms with Crippen molar-refractivity contribution in [1.29, 1.82) is 0 Å². The summed E-state index contributed by atoms with van der Waals surface area (Å²) in [6.07, 6.45) is 2.00. The summed E-state index contributed by atoms with van der Waals surface area (Å²) in [6.45, 7) is 0. The molecule has 0 amide bonds. The summed E-state index contributed by atoms with van der Waals surface area (Å²) < 4.78 is 2.15. The summed E-state index contributed by atoms with van der Waals surface area (Å²) >= 11 is 7.94. The van der Waals surface area contributed by atoms with Crippen molar-refractivity contribution in [1.82, 2.24) is 4.98 Å². The number of para-hydroxylation sites is 1. The van der Waals surface area contributed by atoms with Gasteiger partial charge in [0.25, 0.3) is 0 Å². The fraction of sp³-hybridized carbons (Fsp3) is 0.0667. The number of fused-ring (bicyclic) bond motifs is 1. The summed E-state index contributed by atoms with van der Waals surface area (Å²) in [7, 11) is 0. The number of hydrogen-bond donors (Lipinski definition) is 1. The molecule has 0 saturated carbocycles. The van der Waals surface area contributed by atoms with Gasteiger partial charge in [0.05, 0.1) is 19.8 Å². The van der Waals surface area contributed by atoms with E-state index in [1.165, 1.54) is 11.8 Å². The lowest BCUT2D eigenvalue weighted by Crippen LogP contribution is -1.97. The minimum atomic E-state index is -0.829. The van der Waals surface area contributed by atoms with Gasteiger partial charge in [0.2, 0.25) is 0 Å². The van der Waals surface area contributed by atoms with E-state index in [4.69, 9.17) is 5.11 Å². The molecule has 0 aliphatic heterocycles. The number of carbonyl (C=O) groups is 1. The topological polar surface area (TPSA) is 50.2 Å². The van der Waals surface area contributed by atoms with Crippen LogP contribution < -0.4 is 0 Å². The van der Waals surface area contributed by atoms with Crippen molar-refractivity contribution in [3.8, 4) is 0 Å². The van der Waals surface area contributed by atoms with Crippen molar-refractivity contribution in [2.45, 2.75) is 0 Å². The number of hydrogen-bond acceptors (Lipinski definition) is 5. The van der Waals surface area contributed by atoms with Gasteiger partial charge >= 0.3 is 5.97 Å². The van der Waals surface area contributed by atoms with Crippen LogP contribution in [0.1, 0.15) is 9.88 Å². The third-order valence-electron chi connectivity index (χ3n) is 2.72. The first-order chi connectivity index (χ1) is 10.6. The number of carboxylic acid groups (broad SMARTS) is 1. The Hall–Kier alpha value is -1.15. The average molecular weight is 412 g/mol. The molecule has 7 heteroatoms. The van der Waals surface area contributed by atoms with E-state index in [0.717, 1.165) is 28.8 Å². The highest BCUT2D eigenvalue weighted by molar-refractivity contribution is 9.11. The van der Waals surface area contributed by atoms with E-state index in [9.17, 15) is 4.79 Å². The number of thioether (sulfide) groups is 1. The van der Waals surface area contributed by atoms with Gasteiger partial charge in [-0.05, 0) is 46.3 Å². The molecular formula is C15H10BrNO2S3. The highest BCUT2D eigenvalue weighted by Gasteiger charge is 2.12. The smallest absolute Gasteiger partial charge is 0.313 e. The van der Waals surface area contributed by atoms with Crippen LogP contribution in [-0.2, 0) is 4.79 Å². The molecule has 0 radical (unpaired) electrons. The average Bonchev–Trinajstić information content (AvgIpc) is 3.09. The lowest BCUT2D eigenvalue weighted by atomic mass is 10.3. The van der Waals surface area contributed by atoms with Crippen LogP contribution in [0.3, 0.4) is 0 Å². The Balaban J connectivity index is 1.99. The highest BCUT2D eigenvalue weighted by atomic mass is 79.9. The van der Waals surface area contributed by atoms with Crippen molar-refractivity contribution < 1.29 is 9.90 Å². The Labute approximate surface area is 147 Å². The molecule has 0 atom stereocenters. The number of benzene rings is 1. The fourth-order valence-corrected chi connectivity index (χ4v) is 5.10. The Morgan fingerprint density at radius 1 is 1.27 bits per heavy atom. The van der Waals surface area contributed by atoms with Crippen molar-refractivity contribution in [2.75, 3.05) is 5.75 Å². The minimum Gasteiger partial charge on any atom is -0.481 e. The maximum atomic E-state index is 10.9. The summed E-state index contributed by atoms with van der Waals surface area (Å²) in [5.41, 5.74) is 0.941. The first-order valence-electron chi connectivity index (χ1n) is 6.29. The molecule has 3 aromatic rings. The summed E-state index contributed by atoms with van der Waals surface area (Å²) in [4.78, 5) is 17.5. The molecule has 0 spiro atoms. The molecule has 0 aliphatic rings. The van der Waals surface area contributed by atoms with Crippen LogP contribution in [0.2, 0.25) is 0 Å². The number of thiazole rings is 1. The molecule has 1 aromatic carbocycles. The largest absolute Gasteiger partial charge is 0.481 e. The first-order valence-corrected chi connectivity index (χ1v) is 9.70. The van der Waals surface area contributed by atoms with Gasteiger partial charge in [0.15, 0.2) is 0 Å². The summed E-state index contributed by atoms with van der Waals surface area (Å²) in [5, 5.41) is 9.81. The van der Waals surface area contributed by atoms with Crippen LogP contribution in [0.4, 0.5) is 0 Å². The molecule has 0 fully saturated rings. The Bertz CT molecular complexity index is 820. The van der Waals surface area contributed by atoms with E-state index in [-0.39, 0.29) is 5.75 Å². The van der Waals surface area contributed by atoms with E-state index in [1.807, 2.05) is 42.5 Å². The van der Waals surface area contributed by atoms with E-state index in [2.05, 4.69) is 20.9 Å². The Morgan fingerprint density at radius 2 is 2.09 bits per heavy atom. The van der Waals surface area contributed by atoms with E-state index in [1.54, 1.807) is 22.7 Å². The van der Waals surface area contributed by atoms with Crippen LogP contribution in [0, 0.1) is 0 Å². The van der Waals surface area contributed by atoms with Gasteiger partial charge in [0.1, 0.15) is 5.01 Å². The maximum Gasteiger partial charge on any atom is 0.313 e. The van der Waals surface area contributed by atoms with Gasteiger partial charge in [-0.25, -0.2) is 4.98 Å². The fourth-order valence-electron chi connectivity index (χ4n) is 1.82. The molecular weight excluding hydrogens is 402 g/mol. The van der Waals surface area contributed by atoms with Gasteiger partial charge in [0, 0.05) is 9.78 Å². The zero-order valence-corrected chi connectivity index (χ0v) is 15.2. The van der Waals surface area contributed by atoms with Gasteiger partial charge in [-0.2, -0.15) is 0 Å². The molecule has 112 valence electrons. The van der Waals surface area contributed by atoms with Crippen LogP contribution >= 0.6 is 50.4 Å². The van der Waals surface area contributed by atoms with Gasteiger partial charge in [-0.3, -0.25) is 4.79 Å². The summed E-state index contributed by atoms with van der Waals surface area (Å²) in [5.74, 6) is -0.807. The van der Waals surface area contributed by atoms with Crippen LogP contribution in [0.5, 0.6) is 0 Å². The van der Waals surface area contributed by atoms with Gasteiger partial charge in [-0.1, -0.05) is 12.1 Å². The van der Waals surface area contributed by atoms with Gasteiger partial charge < -0.3 is 5.11 Å². The predicted molar refractivity (Wildman–Crippen MR) is 99.6 cm³/mol. The van der Waals surface area contributed by atoms with Crippen LogP contribution in [0.15, 0.2) is 40.2 Å². The van der Waals surface area contributed by atoms with Gasteiger partial charge in [-0.15, -0.1) is 34.4 Å². The minimum absolute atomic E-state index is 0.0221. The number of carboxylic acids is 1. The molecule has 22 heavy (non-hydrogen) atoms. The third kappa shape index (κ3) is 3.78. The molecule has 1 N–H and O–H groups in total. The highest BCUT2D eigenvalue weighted by Crippen LogP contribution is 2.36. The zero-order chi connectivity index (χ0) is 15.5. The van der Waals surface area contributed by atoms with Crippen molar-refractivity contribution in [3.63, 3.8) is 0 Å². The second-order valence-corrected chi connectivity index (χ2v) is 8.86. The van der Waals surface area contributed by atoms with Crippen molar-refractivity contribution >= 4 is 77.5 Å². The lowest BCUT2D eigenvalue weighted by Gasteiger charge is -2.01. The second kappa shape index (κ2) is 6.95. The molecule has 0 bridgehead atoms. The number of rotatable bonds is 5. The summed E-state index contributed by atoms with van der Waals surface area (Å²) in [6, 6.07) is 11.9. The zero-order valence-electron chi connectivity index (χ0n) is 11.2. The van der Waals surface area contributed by atoms with E-state index < -0.39 is 5.97 Å². The Kier molecular flexibility index (Phi) is 4.97. The quantitative estimate of drug-likeness (QED) is 0.607. The van der Waals surface area contributed by atoms with Crippen molar-refractivity contribution in [2.24, 2.45) is 0 Å². The third-order valence-corrected chi connectivity index (χ3v) is 6.51. The maximum absolute atomic E-state index is 10.9. The molecule has 0 unspecified atom stereocenters. The molecule has 3 nitrogen and oxygen atoms in total. The van der Waals surface area contributed by atoms with E-state index >= 15 is 0 Å². The molecule has 3 rings (SSSR count). The molecule has 2 heterocycles.